The smallest absolute Gasteiger partial charge is 0.254 e. The fourth-order valence-corrected chi connectivity index (χ4v) is 3.13. The maximum atomic E-state index is 12.5. The van der Waals surface area contributed by atoms with Crippen molar-refractivity contribution >= 4 is 15.7 Å². The van der Waals surface area contributed by atoms with Crippen molar-refractivity contribution in [2.24, 2.45) is 0 Å². The zero-order valence-electron chi connectivity index (χ0n) is 13.7. The molecule has 0 unspecified atom stereocenters. The fraction of sp³-hybridized carbons (Fsp3) is 0.562. The molecule has 0 bridgehead atoms. The van der Waals surface area contributed by atoms with Crippen LogP contribution in [0.25, 0.3) is 0 Å². The van der Waals surface area contributed by atoms with E-state index in [1.54, 1.807) is 12.1 Å². The lowest BCUT2D eigenvalue weighted by Crippen LogP contribution is -2.49. The third-order valence-electron chi connectivity index (χ3n) is 3.83. The van der Waals surface area contributed by atoms with Gasteiger partial charge < -0.3 is 9.64 Å². The highest BCUT2D eigenvalue weighted by molar-refractivity contribution is 7.90. The predicted octanol–water partition coefficient (Wildman–Crippen LogP) is 0.888. The van der Waals surface area contributed by atoms with Gasteiger partial charge in [-0.25, -0.2) is 8.42 Å². The Morgan fingerprint density at radius 3 is 2.52 bits per heavy atom. The van der Waals surface area contributed by atoms with Crippen LogP contribution in [0.3, 0.4) is 0 Å². The number of nitrogens with zero attached hydrogens (tertiary/aromatic N) is 2. The zero-order valence-corrected chi connectivity index (χ0v) is 14.5. The molecule has 6 nitrogen and oxygen atoms in total. The first kappa shape index (κ1) is 17.7. The molecule has 0 atom stereocenters. The highest BCUT2D eigenvalue weighted by atomic mass is 32.2. The average Bonchev–Trinajstić information content (AvgIpc) is 2.53. The quantitative estimate of drug-likeness (QED) is 0.769. The van der Waals surface area contributed by atoms with E-state index in [0.717, 1.165) is 0 Å². The van der Waals surface area contributed by atoms with Gasteiger partial charge in [-0.3, -0.25) is 9.69 Å². The number of carbonyl (C=O) groups is 1. The monoisotopic (exact) mass is 340 g/mol. The number of sulfone groups is 1. The molecule has 1 amide bonds. The van der Waals surface area contributed by atoms with Gasteiger partial charge in [0.1, 0.15) is 15.6 Å². The third kappa shape index (κ3) is 5.51. The lowest BCUT2D eigenvalue weighted by Gasteiger charge is -2.34. The van der Waals surface area contributed by atoms with Gasteiger partial charge in [0.05, 0.1) is 12.4 Å². The fourth-order valence-electron chi connectivity index (χ4n) is 2.54. The molecule has 128 valence electrons. The molecular weight excluding hydrogens is 316 g/mol. The second-order valence-corrected chi connectivity index (χ2v) is 7.98. The van der Waals surface area contributed by atoms with Gasteiger partial charge in [0, 0.05) is 44.5 Å². The van der Waals surface area contributed by atoms with Crippen molar-refractivity contribution in [3.05, 3.63) is 29.8 Å². The van der Waals surface area contributed by atoms with E-state index in [1.165, 1.54) is 6.26 Å². The maximum Gasteiger partial charge on any atom is 0.254 e. The summed E-state index contributed by atoms with van der Waals surface area (Å²) in [6.07, 6.45) is 1.25. The Kier molecular flexibility index (Phi) is 6.01. The zero-order chi connectivity index (χ0) is 16.9. The first-order valence-electron chi connectivity index (χ1n) is 7.81. The molecule has 0 aliphatic carbocycles. The van der Waals surface area contributed by atoms with Crippen LogP contribution >= 0.6 is 0 Å². The van der Waals surface area contributed by atoms with Crippen LogP contribution in [-0.2, 0) is 9.84 Å². The van der Waals surface area contributed by atoms with Crippen molar-refractivity contribution in [3.63, 3.8) is 0 Å². The summed E-state index contributed by atoms with van der Waals surface area (Å²) < 4.78 is 27.9. The first-order valence-corrected chi connectivity index (χ1v) is 9.87. The SMILES string of the molecule is CCOc1cccc(C(=O)N2CCN(CCS(C)(=O)=O)CC2)c1. The molecule has 1 heterocycles. The topological polar surface area (TPSA) is 66.9 Å². The van der Waals surface area contributed by atoms with Crippen LogP contribution in [0.4, 0.5) is 0 Å². The number of hydrogen-bond acceptors (Lipinski definition) is 5. The highest BCUT2D eigenvalue weighted by Gasteiger charge is 2.22. The molecule has 0 spiro atoms. The normalized spacial score (nSPS) is 16.3. The van der Waals surface area contributed by atoms with Gasteiger partial charge in [0.15, 0.2) is 0 Å². The second kappa shape index (κ2) is 7.79. The van der Waals surface area contributed by atoms with Gasteiger partial charge in [0.25, 0.3) is 5.91 Å². The molecule has 1 aromatic carbocycles. The lowest BCUT2D eigenvalue weighted by atomic mass is 10.1. The average molecular weight is 340 g/mol. The lowest BCUT2D eigenvalue weighted by molar-refractivity contribution is 0.0643. The van der Waals surface area contributed by atoms with Crippen LogP contribution in [0.2, 0.25) is 0 Å². The number of rotatable bonds is 6. The molecule has 0 aromatic heterocycles. The summed E-state index contributed by atoms with van der Waals surface area (Å²) in [7, 11) is -2.94. The summed E-state index contributed by atoms with van der Waals surface area (Å²) in [6, 6.07) is 7.22. The predicted molar refractivity (Wildman–Crippen MR) is 89.7 cm³/mol. The van der Waals surface area contributed by atoms with E-state index in [2.05, 4.69) is 4.90 Å². The van der Waals surface area contributed by atoms with E-state index in [1.807, 2.05) is 24.0 Å². The Morgan fingerprint density at radius 1 is 1.22 bits per heavy atom. The number of amides is 1. The molecule has 1 aliphatic heterocycles. The van der Waals surface area contributed by atoms with Crippen molar-refractivity contribution in [1.82, 2.24) is 9.80 Å². The first-order chi connectivity index (χ1) is 10.9. The number of hydrogen-bond donors (Lipinski definition) is 0. The van der Waals surface area contributed by atoms with Gasteiger partial charge in [-0.05, 0) is 25.1 Å². The second-order valence-electron chi connectivity index (χ2n) is 5.72. The molecule has 0 N–H and O–H groups in total. The Balaban J connectivity index is 1.89. The molecule has 7 heteroatoms. The number of ether oxygens (including phenoxy) is 1. The highest BCUT2D eigenvalue weighted by Crippen LogP contribution is 2.16. The maximum absolute atomic E-state index is 12.5. The van der Waals surface area contributed by atoms with Crippen LogP contribution in [0, 0.1) is 0 Å². The van der Waals surface area contributed by atoms with E-state index in [4.69, 9.17) is 4.74 Å². The molecule has 2 rings (SSSR count). The molecule has 1 aromatic rings. The van der Waals surface area contributed by atoms with Crippen molar-refractivity contribution in [1.29, 1.82) is 0 Å². The Hall–Kier alpha value is -1.60. The van der Waals surface area contributed by atoms with Crippen molar-refractivity contribution in [2.75, 3.05) is 51.3 Å². The third-order valence-corrected chi connectivity index (χ3v) is 4.75. The Bertz CT molecular complexity index is 637. The van der Waals surface area contributed by atoms with Gasteiger partial charge >= 0.3 is 0 Å². The minimum absolute atomic E-state index is 0.00526. The minimum atomic E-state index is -2.94. The largest absolute Gasteiger partial charge is 0.494 e. The number of carbonyl (C=O) groups excluding carboxylic acids is 1. The minimum Gasteiger partial charge on any atom is -0.494 e. The van der Waals surface area contributed by atoms with E-state index < -0.39 is 9.84 Å². The van der Waals surface area contributed by atoms with Crippen LogP contribution in [0.1, 0.15) is 17.3 Å². The van der Waals surface area contributed by atoms with E-state index in [0.29, 0.717) is 50.6 Å². The van der Waals surface area contributed by atoms with Crippen molar-refractivity contribution in [2.45, 2.75) is 6.92 Å². The van der Waals surface area contributed by atoms with E-state index in [9.17, 15) is 13.2 Å². The van der Waals surface area contributed by atoms with Gasteiger partial charge in [-0.1, -0.05) is 6.07 Å². The standard InChI is InChI=1S/C16H24N2O4S/c1-3-22-15-6-4-5-14(13-15)16(19)18-9-7-17(8-10-18)11-12-23(2,20)21/h4-6,13H,3,7-12H2,1-2H3. The van der Waals surface area contributed by atoms with Crippen molar-refractivity contribution in [3.8, 4) is 5.75 Å². The molecular formula is C16H24N2O4S. The Labute approximate surface area is 137 Å². The molecule has 1 fully saturated rings. The molecule has 23 heavy (non-hydrogen) atoms. The summed E-state index contributed by atoms with van der Waals surface area (Å²) in [5.41, 5.74) is 0.625. The summed E-state index contributed by atoms with van der Waals surface area (Å²) in [6.45, 7) is 5.63. The number of benzene rings is 1. The summed E-state index contributed by atoms with van der Waals surface area (Å²) in [5, 5.41) is 0. The van der Waals surface area contributed by atoms with Gasteiger partial charge in [0.2, 0.25) is 0 Å². The number of piperazine rings is 1. The summed E-state index contributed by atoms with van der Waals surface area (Å²) in [5.74, 6) is 0.858. The Morgan fingerprint density at radius 2 is 1.91 bits per heavy atom. The van der Waals surface area contributed by atoms with Crippen LogP contribution in [0.5, 0.6) is 5.75 Å². The van der Waals surface area contributed by atoms with Gasteiger partial charge in [-0.2, -0.15) is 0 Å². The van der Waals surface area contributed by atoms with Gasteiger partial charge in [-0.15, -0.1) is 0 Å². The van der Waals surface area contributed by atoms with Crippen LogP contribution in [-0.4, -0.2) is 75.5 Å². The van der Waals surface area contributed by atoms with E-state index >= 15 is 0 Å². The van der Waals surface area contributed by atoms with Crippen LogP contribution in [0.15, 0.2) is 24.3 Å². The molecule has 1 saturated heterocycles. The van der Waals surface area contributed by atoms with E-state index in [-0.39, 0.29) is 11.7 Å². The molecule has 0 radical (unpaired) electrons. The summed E-state index contributed by atoms with van der Waals surface area (Å²) >= 11 is 0. The summed E-state index contributed by atoms with van der Waals surface area (Å²) in [4.78, 5) is 16.4. The molecule has 0 saturated carbocycles. The van der Waals surface area contributed by atoms with Crippen LogP contribution < -0.4 is 4.74 Å². The molecule has 1 aliphatic rings. The van der Waals surface area contributed by atoms with Crippen molar-refractivity contribution < 1.29 is 17.9 Å².